The maximum absolute atomic E-state index is 13.4. The predicted octanol–water partition coefficient (Wildman–Crippen LogP) is 5.12. The fourth-order valence-corrected chi connectivity index (χ4v) is 5.37. The van der Waals surface area contributed by atoms with Crippen LogP contribution in [0.15, 0.2) is 48.5 Å². The molecule has 2 aliphatic carbocycles. The van der Waals surface area contributed by atoms with Gasteiger partial charge in [0.15, 0.2) is 0 Å². The average molecular weight is 446 g/mol. The van der Waals surface area contributed by atoms with Crippen molar-refractivity contribution in [3.05, 3.63) is 59.7 Å². The summed E-state index contributed by atoms with van der Waals surface area (Å²) >= 11 is 0. The van der Waals surface area contributed by atoms with E-state index in [1.807, 2.05) is 48.3 Å². The molecule has 0 spiro atoms. The van der Waals surface area contributed by atoms with Gasteiger partial charge in [0.05, 0.1) is 6.04 Å². The third-order valence-corrected chi connectivity index (χ3v) is 7.64. The zero-order valence-corrected chi connectivity index (χ0v) is 19.6. The van der Waals surface area contributed by atoms with Crippen molar-refractivity contribution in [1.82, 2.24) is 5.32 Å². The summed E-state index contributed by atoms with van der Waals surface area (Å²) in [4.78, 5) is 29.9. The largest absolute Gasteiger partial charge is 0.311 e. The van der Waals surface area contributed by atoms with Crippen molar-refractivity contribution in [1.29, 1.82) is 0 Å². The quantitative estimate of drug-likeness (QED) is 0.644. The van der Waals surface area contributed by atoms with Crippen LogP contribution in [0.2, 0.25) is 0 Å². The summed E-state index contributed by atoms with van der Waals surface area (Å²) in [6, 6.07) is 15.9. The zero-order valence-electron chi connectivity index (χ0n) is 19.6. The van der Waals surface area contributed by atoms with Crippen LogP contribution in [-0.2, 0) is 4.79 Å². The van der Waals surface area contributed by atoms with Crippen LogP contribution in [-0.4, -0.2) is 38.0 Å². The lowest BCUT2D eigenvalue weighted by Crippen LogP contribution is -2.39. The molecule has 5 heteroatoms. The molecule has 5 nitrogen and oxygen atoms in total. The van der Waals surface area contributed by atoms with Gasteiger partial charge in [-0.3, -0.25) is 9.59 Å². The lowest BCUT2D eigenvalue weighted by Gasteiger charge is -2.26. The number of carbonyl (C=O) groups is 2. The second kappa shape index (κ2) is 9.68. The highest BCUT2D eigenvalue weighted by Crippen LogP contribution is 2.35. The van der Waals surface area contributed by atoms with Crippen LogP contribution in [0.5, 0.6) is 0 Å². The highest BCUT2D eigenvalue weighted by molar-refractivity contribution is 6.07. The number of nitrogens with one attached hydrogen (secondary N) is 1. The Morgan fingerprint density at radius 3 is 2.42 bits per heavy atom. The molecule has 1 aliphatic heterocycles. The third kappa shape index (κ3) is 4.84. The molecule has 1 unspecified atom stereocenters. The molecule has 0 aromatic heterocycles. The van der Waals surface area contributed by atoms with E-state index in [-0.39, 0.29) is 17.9 Å². The van der Waals surface area contributed by atoms with Crippen LogP contribution >= 0.6 is 0 Å². The molecule has 2 amide bonds. The molecule has 0 bridgehead atoms. The second-order valence-corrected chi connectivity index (χ2v) is 9.99. The Morgan fingerprint density at radius 2 is 1.70 bits per heavy atom. The summed E-state index contributed by atoms with van der Waals surface area (Å²) in [6.07, 6.45) is 9.56. The first-order valence-corrected chi connectivity index (χ1v) is 12.6. The Kier molecular flexibility index (Phi) is 6.50. The number of anilines is 2. The van der Waals surface area contributed by atoms with E-state index in [1.165, 1.54) is 50.5 Å². The number of hydrogen-bond donors (Lipinski definition) is 1. The zero-order chi connectivity index (χ0) is 22.8. The molecule has 2 saturated carbocycles. The summed E-state index contributed by atoms with van der Waals surface area (Å²) in [5.41, 5.74) is 3.76. The summed E-state index contributed by atoms with van der Waals surface area (Å²) in [5.74, 6) is 1.44. The second-order valence-electron chi connectivity index (χ2n) is 9.99. The topological polar surface area (TPSA) is 52.7 Å². The van der Waals surface area contributed by atoms with Gasteiger partial charge in [0.2, 0.25) is 5.91 Å². The Hall–Kier alpha value is -2.66. The molecule has 2 aromatic carbocycles. The molecule has 2 aromatic rings. The summed E-state index contributed by atoms with van der Waals surface area (Å²) in [7, 11) is 1.84. The van der Waals surface area contributed by atoms with Crippen LogP contribution in [0, 0.1) is 5.92 Å². The predicted molar refractivity (Wildman–Crippen MR) is 133 cm³/mol. The summed E-state index contributed by atoms with van der Waals surface area (Å²) in [5, 5.41) is 3.44. The van der Waals surface area contributed by atoms with E-state index in [9.17, 15) is 9.59 Å². The molecule has 0 radical (unpaired) electrons. The fourth-order valence-electron chi connectivity index (χ4n) is 5.37. The molecule has 174 valence electrons. The lowest BCUT2D eigenvalue weighted by atomic mass is 9.82. The normalized spacial score (nSPS) is 21.4. The number of benzene rings is 2. The molecule has 5 rings (SSSR count). The Balaban J connectivity index is 1.27. The number of amides is 2. The highest BCUT2D eigenvalue weighted by Gasteiger charge is 2.33. The third-order valence-electron chi connectivity index (χ3n) is 7.64. The number of rotatable bonds is 7. The summed E-state index contributed by atoms with van der Waals surface area (Å²) in [6.45, 7) is 1.70. The van der Waals surface area contributed by atoms with Gasteiger partial charge < -0.3 is 15.1 Å². The molecule has 3 aliphatic rings. The van der Waals surface area contributed by atoms with Crippen molar-refractivity contribution in [2.75, 3.05) is 29.9 Å². The van der Waals surface area contributed by atoms with Gasteiger partial charge in [-0.05, 0) is 86.4 Å². The first-order chi connectivity index (χ1) is 16.1. The van der Waals surface area contributed by atoms with Gasteiger partial charge in [0, 0.05) is 30.5 Å². The van der Waals surface area contributed by atoms with Crippen molar-refractivity contribution in [3.8, 4) is 0 Å². The maximum atomic E-state index is 13.4. The van der Waals surface area contributed by atoms with Gasteiger partial charge >= 0.3 is 0 Å². The minimum absolute atomic E-state index is 0.0329. The van der Waals surface area contributed by atoms with Crippen LogP contribution in [0.1, 0.15) is 73.2 Å². The van der Waals surface area contributed by atoms with Gasteiger partial charge in [-0.25, -0.2) is 0 Å². The van der Waals surface area contributed by atoms with Crippen LogP contribution < -0.4 is 15.1 Å². The molecule has 1 atom stereocenters. The van der Waals surface area contributed by atoms with Gasteiger partial charge in [0.1, 0.15) is 0 Å². The molecular formula is C28H35N3O2. The monoisotopic (exact) mass is 445 g/mol. The molecule has 33 heavy (non-hydrogen) atoms. The summed E-state index contributed by atoms with van der Waals surface area (Å²) < 4.78 is 0. The Morgan fingerprint density at radius 1 is 0.970 bits per heavy atom. The maximum Gasteiger partial charge on any atom is 0.258 e. The lowest BCUT2D eigenvalue weighted by molar-refractivity contribution is -0.118. The Bertz CT molecular complexity index is 992. The minimum atomic E-state index is -0.0641. The van der Waals surface area contributed by atoms with Gasteiger partial charge in [-0.2, -0.15) is 0 Å². The van der Waals surface area contributed by atoms with Crippen LogP contribution in [0.25, 0.3) is 0 Å². The van der Waals surface area contributed by atoms with Crippen molar-refractivity contribution in [2.24, 2.45) is 5.92 Å². The fraction of sp³-hybridized carbons (Fsp3) is 0.500. The van der Waals surface area contributed by atoms with Crippen LogP contribution in [0.3, 0.4) is 0 Å². The average Bonchev–Trinajstić information content (AvgIpc) is 3.63. The number of nitrogens with zero attached hydrogens (tertiary/aromatic N) is 2. The van der Waals surface area contributed by atoms with E-state index in [0.29, 0.717) is 5.92 Å². The van der Waals surface area contributed by atoms with E-state index in [1.54, 1.807) is 4.90 Å². The molecule has 1 saturated heterocycles. The first-order valence-electron chi connectivity index (χ1n) is 12.6. The van der Waals surface area contributed by atoms with E-state index >= 15 is 0 Å². The number of hydrogen-bond acceptors (Lipinski definition) is 3. The highest BCUT2D eigenvalue weighted by atomic mass is 16.2. The van der Waals surface area contributed by atoms with Crippen molar-refractivity contribution in [2.45, 2.75) is 63.3 Å². The smallest absolute Gasteiger partial charge is 0.258 e. The molecule has 3 fully saturated rings. The standard InChI is InChI=1S/C28H35N3O2/c1-30(27(32)25-10-6-5-9-24(25)21-7-3-2-4-8-21)22-13-15-23(16-14-22)31-18-17-26(28(31)33)29-19-20-11-12-20/h5-6,9-10,13-16,20-21,26,29H,2-4,7-8,11-12,17-19H2,1H3. The van der Waals surface area contributed by atoms with Crippen LogP contribution in [0.4, 0.5) is 11.4 Å². The van der Waals surface area contributed by atoms with Gasteiger partial charge in [-0.1, -0.05) is 37.5 Å². The van der Waals surface area contributed by atoms with Crippen molar-refractivity contribution in [3.63, 3.8) is 0 Å². The molecular weight excluding hydrogens is 410 g/mol. The van der Waals surface area contributed by atoms with Crippen molar-refractivity contribution >= 4 is 23.2 Å². The Labute approximate surface area is 197 Å². The van der Waals surface area contributed by atoms with Crippen molar-refractivity contribution < 1.29 is 9.59 Å². The minimum Gasteiger partial charge on any atom is -0.311 e. The number of carbonyl (C=O) groups excluding carboxylic acids is 2. The van der Waals surface area contributed by atoms with E-state index in [2.05, 4.69) is 17.4 Å². The van der Waals surface area contributed by atoms with E-state index in [4.69, 9.17) is 0 Å². The molecule has 1 N–H and O–H groups in total. The van der Waals surface area contributed by atoms with Gasteiger partial charge in [0.25, 0.3) is 5.91 Å². The first kappa shape index (κ1) is 22.1. The molecule has 1 heterocycles. The van der Waals surface area contributed by atoms with Gasteiger partial charge in [-0.15, -0.1) is 0 Å². The SMILES string of the molecule is CN(C(=O)c1ccccc1C1CCCCC1)c1ccc(N2CCC(NCC3CC3)C2=O)cc1. The van der Waals surface area contributed by atoms with E-state index in [0.717, 1.165) is 42.4 Å². The van der Waals surface area contributed by atoms with E-state index < -0.39 is 0 Å².